The lowest BCUT2D eigenvalue weighted by atomic mass is 9.94. The highest BCUT2D eigenvalue weighted by Gasteiger charge is 2.21. The summed E-state index contributed by atoms with van der Waals surface area (Å²) in [5.74, 6) is 5.68. The SMILES string of the molecule is C/C(N)=C(\c1cc(N)c2c(c1)C(=O)NCC2)N(C)N.CC. The van der Waals surface area contributed by atoms with Gasteiger partial charge in [0.05, 0.1) is 5.70 Å². The summed E-state index contributed by atoms with van der Waals surface area (Å²) in [5.41, 5.74) is 16.0. The van der Waals surface area contributed by atoms with E-state index in [0.717, 1.165) is 17.5 Å². The molecule has 0 spiro atoms. The molecule has 2 rings (SSSR count). The maximum Gasteiger partial charge on any atom is 0.251 e. The number of nitrogens with two attached hydrogens (primary N) is 3. The van der Waals surface area contributed by atoms with Crippen molar-refractivity contribution in [2.45, 2.75) is 27.2 Å². The van der Waals surface area contributed by atoms with Crippen molar-refractivity contribution in [3.63, 3.8) is 0 Å². The fraction of sp³-hybridized carbons (Fsp3) is 0.400. The van der Waals surface area contributed by atoms with Crippen molar-refractivity contribution < 1.29 is 4.79 Å². The van der Waals surface area contributed by atoms with Crippen LogP contribution < -0.4 is 22.6 Å². The van der Waals surface area contributed by atoms with E-state index in [0.29, 0.717) is 29.2 Å². The molecule has 0 atom stereocenters. The van der Waals surface area contributed by atoms with Crippen LogP contribution in [0.25, 0.3) is 5.70 Å². The van der Waals surface area contributed by atoms with Crippen LogP contribution in [0, 0.1) is 0 Å². The predicted octanol–water partition coefficient (Wildman–Crippen LogP) is 1.03. The van der Waals surface area contributed by atoms with Crippen LogP contribution in [0.15, 0.2) is 17.8 Å². The first-order chi connectivity index (χ1) is 9.91. The Balaban J connectivity index is 0.00000106. The number of nitrogen functional groups attached to an aromatic ring is 1. The number of benzene rings is 1. The molecule has 1 heterocycles. The lowest BCUT2D eigenvalue weighted by Gasteiger charge is -2.23. The number of hydrogen-bond donors (Lipinski definition) is 4. The summed E-state index contributed by atoms with van der Waals surface area (Å²) in [6, 6.07) is 3.60. The van der Waals surface area contributed by atoms with Gasteiger partial charge in [-0.2, -0.15) is 0 Å². The van der Waals surface area contributed by atoms with E-state index in [-0.39, 0.29) is 5.91 Å². The zero-order valence-corrected chi connectivity index (χ0v) is 13.2. The minimum absolute atomic E-state index is 0.108. The summed E-state index contributed by atoms with van der Waals surface area (Å²) in [7, 11) is 1.70. The highest BCUT2D eigenvalue weighted by molar-refractivity contribution is 5.99. The number of carbonyl (C=O) groups is 1. The minimum Gasteiger partial charge on any atom is -0.401 e. The summed E-state index contributed by atoms with van der Waals surface area (Å²) in [4.78, 5) is 11.9. The van der Waals surface area contributed by atoms with Crippen molar-refractivity contribution in [3.8, 4) is 0 Å². The van der Waals surface area contributed by atoms with Gasteiger partial charge in [-0.1, -0.05) is 13.8 Å². The first-order valence-corrected chi connectivity index (χ1v) is 7.07. The molecule has 0 unspecified atom stereocenters. The maximum absolute atomic E-state index is 11.9. The molecule has 0 aromatic heterocycles. The van der Waals surface area contributed by atoms with Crippen molar-refractivity contribution in [1.29, 1.82) is 0 Å². The molecule has 1 aliphatic heterocycles. The van der Waals surface area contributed by atoms with Crippen molar-refractivity contribution in [1.82, 2.24) is 10.3 Å². The number of nitrogens with zero attached hydrogens (tertiary/aromatic N) is 1. The van der Waals surface area contributed by atoms with Gasteiger partial charge in [0.2, 0.25) is 0 Å². The van der Waals surface area contributed by atoms with E-state index in [1.165, 1.54) is 5.01 Å². The Hall–Kier alpha value is -2.21. The van der Waals surface area contributed by atoms with Crippen molar-refractivity contribution in [3.05, 3.63) is 34.5 Å². The highest BCUT2D eigenvalue weighted by Crippen LogP contribution is 2.28. The number of carbonyl (C=O) groups excluding carboxylic acids is 1. The van der Waals surface area contributed by atoms with Crippen molar-refractivity contribution in [2.75, 3.05) is 19.3 Å². The standard InChI is InChI=1S/C13H19N5O.C2H6/c1-7(14)12(18(2)16)8-5-10-9(11(15)6-8)3-4-17-13(10)19;1-2/h5-6H,3-4,14-16H2,1-2H3,(H,17,19);1-2H3/b12-7-;. The Labute approximate surface area is 125 Å². The van der Waals surface area contributed by atoms with E-state index in [1.54, 1.807) is 20.0 Å². The van der Waals surface area contributed by atoms with E-state index in [1.807, 2.05) is 19.9 Å². The molecule has 6 nitrogen and oxygen atoms in total. The number of hydrazine groups is 1. The second-order valence-electron chi connectivity index (χ2n) is 4.74. The third-order valence-electron chi connectivity index (χ3n) is 3.19. The van der Waals surface area contributed by atoms with E-state index >= 15 is 0 Å². The van der Waals surface area contributed by atoms with Crippen LogP contribution in [-0.2, 0) is 6.42 Å². The van der Waals surface area contributed by atoms with Gasteiger partial charge in [-0.3, -0.25) is 4.79 Å². The molecular formula is C15H25N5O. The number of nitrogens with one attached hydrogen (secondary N) is 1. The van der Waals surface area contributed by atoms with Gasteiger partial charge in [0.1, 0.15) is 0 Å². The summed E-state index contributed by atoms with van der Waals surface area (Å²) >= 11 is 0. The zero-order valence-electron chi connectivity index (χ0n) is 13.2. The van der Waals surface area contributed by atoms with Crippen LogP contribution >= 0.6 is 0 Å². The summed E-state index contributed by atoms with van der Waals surface area (Å²) in [5, 5.41) is 4.23. The molecule has 21 heavy (non-hydrogen) atoms. The Bertz CT molecular complexity index is 559. The van der Waals surface area contributed by atoms with Crippen LogP contribution in [-0.4, -0.2) is 24.5 Å². The third kappa shape index (κ3) is 3.46. The van der Waals surface area contributed by atoms with Gasteiger partial charge < -0.3 is 21.8 Å². The van der Waals surface area contributed by atoms with Crippen LogP contribution in [0.1, 0.15) is 42.3 Å². The topological polar surface area (TPSA) is 110 Å². The Morgan fingerprint density at radius 1 is 1.33 bits per heavy atom. The number of amides is 1. The predicted molar refractivity (Wildman–Crippen MR) is 87.0 cm³/mol. The smallest absolute Gasteiger partial charge is 0.251 e. The Morgan fingerprint density at radius 2 is 1.95 bits per heavy atom. The molecule has 0 saturated carbocycles. The summed E-state index contributed by atoms with van der Waals surface area (Å²) < 4.78 is 0. The van der Waals surface area contributed by atoms with E-state index < -0.39 is 0 Å². The molecular weight excluding hydrogens is 266 g/mol. The first kappa shape index (κ1) is 16.8. The largest absolute Gasteiger partial charge is 0.401 e. The molecule has 0 fully saturated rings. The number of rotatable bonds is 2. The van der Waals surface area contributed by atoms with E-state index in [9.17, 15) is 4.79 Å². The zero-order chi connectivity index (χ0) is 16.2. The number of hydrogen-bond acceptors (Lipinski definition) is 5. The molecule has 0 aliphatic carbocycles. The second kappa shape index (κ2) is 6.99. The Morgan fingerprint density at radius 3 is 2.48 bits per heavy atom. The number of anilines is 1. The lowest BCUT2D eigenvalue weighted by Crippen LogP contribution is -2.33. The molecule has 7 N–H and O–H groups in total. The third-order valence-corrected chi connectivity index (χ3v) is 3.19. The van der Waals surface area contributed by atoms with Crippen molar-refractivity contribution in [2.24, 2.45) is 11.6 Å². The molecule has 0 bridgehead atoms. The molecule has 116 valence electrons. The number of fused-ring (bicyclic) bond motifs is 1. The quantitative estimate of drug-likeness (QED) is 0.369. The fourth-order valence-corrected chi connectivity index (χ4v) is 2.42. The Kier molecular flexibility index (Phi) is 5.60. The first-order valence-electron chi connectivity index (χ1n) is 7.07. The second-order valence-corrected chi connectivity index (χ2v) is 4.74. The van der Waals surface area contributed by atoms with E-state index in [2.05, 4.69) is 5.32 Å². The maximum atomic E-state index is 11.9. The van der Waals surface area contributed by atoms with E-state index in [4.69, 9.17) is 17.3 Å². The van der Waals surface area contributed by atoms with Crippen LogP contribution in [0.5, 0.6) is 0 Å². The van der Waals surface area contributed by atoms with Crippen LogP contribution in [0.3, 0.4) is 0 Å². The van der Waals surface area contributed by atoms with Gasteiger partial charge in [-0.25, -0.2) is 5.84 Å². The molecule has 1 amide bonds. The van der Waals surface area contributed by atoms with Gasteiger partial charge in [-0.05, 0) is 31.0 Å². The highest BCUT2D eigenvalue weighted by atomic mass is 16.1. The minimum atomic E-state index is -0.108. The fourth-order valence-electron chi connectivity index (χ4n) is 2.42. The molecule has 1 aliphatic rings. The average molecular weight is 291 g/mol. The molecule has 1 aromatic carbocycles. The average Bonchev–Trinajstić information content (AvgIpc) is 2.41. The summed E-state index contributed by atoms with van der Waals surface area (Å²) in [6.07, 6.45) is 0.742. The van der Waals surface area contributed by atoms with Crippen molar-refractivity contribution >= 4 is 17.3 Å². The monoisotopic (exact) mass is 291 g/mol. The van der Waals surface area contributed by atoms with Gasteiger partial charge >= 0.3 is 0 Å². The van der Waals surface area contributed by atoms with Gasteiger partial charge in [-0.15, -0.1) is 0 Å². The summed E-state index contributed by atoms with van der Waals surface area (Å²) in [6.45, 7) is 6.37. The molecule has 6 heteroatoms. The molecule has 0 saturated heterocycles. The number of allylic oxidation sites excluding steroid dienone is 1. The van der Waals surface area contributed by atoms with Gasteiger partial charge in [0.25, 0.3) is 5.91 Å². The van der Waals surface area contributed by atoms with Crippen LogP contribution in [0.4, 0.5) is 5.69 Å². The van der Waals surface area contributed by atoms with Crippen LogP contribution in [0.2, 0.25) is 0 Å². The normalized spacial score (nSPS) is 14.2. The molecule has 1 aromatic rings. The van der Waals surface area contributed by atoms with Gasteiger partial charge in [0, 0.05) is 36.1 Å². The lowest BCUT2D eigenvalue weighted by molar-refractivity contribution is 0.0946. The van der Waals surface area contributed by atoms with Gasteiger partial charge in [0.15, 0.2) is 0 Å². The molecule has 0 radical (unpaired) electrons.